The van der Waals surface area contributed by atoms with Gasteiger partial charge in [-0.05, 0) is 92.2 Å². The number of H-pyrrole nitrogens is 1. The molecule has 1 N–H and O–H groups in total. The molecule has 7 rings (SSSR count). The van der Waals surface area contributed by atoms with Crippen molar-refractivity contribution in [2.45, 2.75) is 20.4 Å². The van der Waals surface area contributed by atoms with E-state index in [-0.39, 0.29) is 44.8 Å². The Bertz CT molecular complexity index is 2730. The lowest BCUT2D eigenvalue weighted by atomic mass is 10.0. The minimum Gasteiger partial charge on any atom is -0.494 e. The SMILES string of the molecule is COc1ccc(C(=O)c2c[nH]c3ccc(C)nc3c2=O)cc1F.COc1ccc(C(=O)c2cn(Cc3cccc(Br)c3)c3ccc(C)nc3c2=O)cc1F. The number of pyridine rings is 4. The summed E-state index contributed by atoms with van der Waals surface area (Å²) in [4.78, 5) is 62.7. The smallest absolute Gasteiger partial charge is 0.218 e. The van der Waals surface area contributed by atoms with Crippen molar-refractivity contribution >= 4 is 49.6 Å². The fourth-order valence-corrected chi connectivity index (χ4v) is 6.22. The molecule has 0 aliphatic heterocycles. The first-order chi connectivity index (χ1) is 25.9. The van der Waals surface area contributed by atoms with Gasteiger partial charge in [-0.1, -0.05) is 28.1 Å². The van der Waals surface area contributed by atoms with Crippen LogP contribution in [0.15, 0.2) is 111 Å². The molecule has 0 radical (unpaired) electrons. The maximum atomic E-state index is 14.2. The molecule has 7 aromatic rings. The van der Waals surface area contributed by atoms with Gasteiger partial charge < -0.3 is 19.0 Å². The van der Waals surface area contributed by atoms with E-state index in [1.165, 1.54) is 50.9 Å². The number of carbonyl (C=O) groups excluding carboxylic acids is 2. The van der Waals surface area contributed by atoms with E-state index in [2.05, 4.69) is 30.9 Å². The monoisotopic (exact) mass is 792 g/mol. The number of ketones is 2. The molecule has 0 fully saturated rings. The lowest BCUT2D eigenvalue weighted by Gasteiger charge is -2.14. The van der Waals surface area contributed by atoms with Crippen molar-refractivity contribution in [3.63, 3.8) is 0 Å². The van der Waals surface area contributed by atoms with Gasteiger partial charge in [-0.25, -0.2) is 18.7 Å². The first-order valence-electron chi connectivity index (χ1n) is 16.4. The summed E-state index contributed by atoms with van der Waals surface area (Å²) >= 11 is 3.46. The molecule has 0 aliphatic carbocycles. The second-order valence-electron chi connectivity index (χ2n) is 12.2. The number of hydrogen-bond acceptors (Lipinski definition) is 8. The highest BCUT2D eigenvalue weighted by Crippen LogP contribution is 2.22. The van der Waals surface area contributed by atoms with Crippen LogP contribution in [-0.4, -0.2) is 45.3 Å². The van der Waals surface area contributed by atoms with Gasteiger partial charge in [0.25, 0.3) is 0 Å². The van der Waals surface area contributed by atoms with Crippen LogP contribution in [0.2, 0.25) is 0 Å². The van der Waals surface area contributed by atoms with Crippen LogP contribution in [0, 0.1) is 25.5 Å². The number of rotatable bonds is 8. The van der Waals surface area contributed by atoms with Crippen molar-refractivity contribution in [1.82, 2.24) is 19.5 Å². The highest BCUT2D eigenvalue weighted by Gasteiger charge is 2.21. The zero-order valence-electron chi connectivity index (χ0n) is 29.4. The predicted octanol–water partition coefficient (Wildman–Crippen LogP) is 7.50. The van der Waals surface area contributed by atoms with Crippen LogP contribution < -0.4 is 20.3 Å². The van der Waals surface area contributed by atoms with Gasteiger partial charge in [-0.3, -0.25) is 19.2 Å². The van der Waals surface area contributed by atoms with Crippen LogP contribution >= 0.6 is 15.9 Å². The van der Waals surface area contributed by atoms with Gasteiger partial charge >= 0.3 is 0 Å². The maximum absolute atomic E-state index is 14.2. The normalized spacial score (nSPS) is 10.9. The van der Waals surface area contributed by atoms with E-state index >= 15 is 0 Å². The molecule has 0 unspecified atom stereocenters. The number of carbonyl (C=O) groups is 2. The minimum atomic E-state index is -0.669. The number of fused-ring (bicyclic) bond motifs is 2. The highest BCUT2D eigenvalue weighted by molar-refractivity contribution is 9.10. The minimum absolute atomic E-state index is 0.0272. The Morgan fingerprint density at radius 1 is 0.741 bits per heavy atom. The number of aryl methyl sites for hydroxylation is 2. The summed E-state index contributed by atoms with van der Waals surface area (Å²) in [7, 11) is 2.68. The molecule has 0 aliphatic rings. The van der Waals surface area contributed by atoms with Gasteiger partial charge in [0.1, 0.15) is 11.0 Å². The quantitative estimate of drug-likeness (QED) is 0.157. The summed E-state index contributed by atoms with van der Waals surface area (Å²) in [6, 6.07) is 22.6. The van der Waals surface area contributed by atoms with Gasteiger partial charge in [-0.15, -0.1) is 0 Å². The Kier molecular flexibility index (Phi) is 10.9. The molecule has 272 valence electrons. The molecular formula is C41H31BrF2N4O6. The van der Waals surface area contributed by atoms with E-state index in [9.17, 15) is 28.0 Å². The number of methoxy groups -OCH3 is 2. The molecule has 0 amide bonds. The number of benzene rings is 3. The second-order valence-corrected chi connectivity index (χ2v) is 13.1. The molecule has 0 atom stereocenters. The molecule has 3 aromatic carbocycles. The molecule has 54 heavy (non-hydrogen) atoms. The molecule has 0 saturated carbocycles. The average molecular weight is 794 g/mol. The Morgan fingerprint density at radius 3 is 1.91 bits per heavy atom. The lowest BCUT2D eigenvalue weighted by molar-refractivity contribution is 0.102. The number of hydrogen-bond donors (Lipinski definition) is 1. The molecule has 13 heteroatoms. The van der Waals surface area contributed by atoms with Crippen molar-refractivity contribution in [3.8, 4) is 11.5 Å². The van der Waals surface area contributed by atoms with Crippen molar-refractivity contribution in [2.75, 3.05) is 14.2 Å². The summed E-state index contributed by atoms with van der Waals surface area (Å²) < 4.78 is 40.4. The predicted molar refractivity (Wildman–Crippen MR) is 204 cm³/mol. The maximum Gasteiger partial charge on any atom is 0.218 e. The Labute approximate surface area is 315 Å². The second kappa shape index (κ2) is 15.7. The molecular weight excluding hydrogens is 762 g/mol. The van der Waals surface area contributed by atoms with Crippen LogP contribution in [-0.2, 0) is 6.54 Å². The lowest BCUT2D eigenvalue weighted by Crippen LogP contribution is -2.21. The first-order valence-corrected chi connectivity index (χ1v) is 17.2. The third-order valence-corrected chi connectivity index (χ3v) is 8.99. The van der Waals surface area contributed by atoms with Crippen molar-refractivity contribution in [2.24, 2.45) is 0 Å². The zero-order chi connectivity index (χ0) is 38.7. The number of ether oxygens (including phenoxy) is 2. The Balaban J connectivity index is 0.000000193. The molecule has 0 bridgehead atoms. The van der Waals surface area contributed by atoms with E-state index < -0.39 is 34.1 Å². The van der Waals surface area contributed by atoms with Crippen LogP contribution in [0.5, 0.6) is 11.5 Å². The molecule has 10 nitrogen and oxygen atoms in total. The van der Waals surface area contributed by atoms with Crippen LogP contribution in [0.25, 0.3) is 22.1 Å². The summed E-state index contributed by atoms with van der Waals surface area (Å²) in [6.45, 7) is 3.97. The van der Waals surface area contributed by atoms with Gasteiger partial charge in [0.05, 0.1) is 36.4 Å². The summed E-state index contributed by atoms with van der Waals surface area (Å²) in [5.41, 5.74) is 2.89. The number of nitrogens with zero attached hydrogens (tertiary/aromatic N) is 3. The van der Waals surface area contributed by atoms with Crippen molar-refractivity contribution in [3.05, 3.63) is 173 Å². The summed E-state index contributed by atoms with van der Waals surface area (Å²) in [5.74, 6) is -2.41. The van der Waals surface area contributed by atoms with E-state index in [1.807, 2.05) is 41.0 Å². The Hall–Kier alpha value is -6.34. The third kappa shape index (κ3) is 7.71. The molecule has 4 aromatic heterocycles. The highest BCUT2D eigenvalue weighted by atomic mass is 79.9. The van der Waals surface area contributed by atoms with Crippen molar-refractivity contribution in [1.29, 1.82) is 0 Å². The molecule has 0 spiro atoms. The fourth-order valence-electron chi connectivity index (χ4n) is 5.77. The van der Waals surface area contributed by atoms with Gasteiger partial charge in [-0.2, -0.15) is 0 Å². The largest absolute Gasteiger partial charge is 0.494 e. The van der Waals surface area contributed by atoms with Crippen LogP contribution in [0.3, 0.4) is 0 Å². The summed E-state index contributed by atoms with van der Waals surface area (Å²) in [6.07, 6.45) is 2.85. The molecule has 4 heterocycles. The Morgan fingerprint density at radius 2 is 1.31 bits per heavy atom. The van der Waals surface area contributed by atoms with Gasteiger partial charge in [0.15, 0.2) is 34.7 Å². The number of aromatic amines is 1. The van der Waals surface area contributed by atoms with E-state index in [0.717, 1.165) is 22.2 Å². The van der Waals surface area contributed by atoms with E-state index in [0.29, 0.717) is 29.0 Å². The van der Waals surface area contributed by atoms with Crippen LogP contribution in [0.1, 0.15) is 48.8 Å². The van der Waals surface area contributed by atoms with Crippen LogP contribution in [0.4, 0.5) is 8.78 Å². The van der Waals surface area contributed by atoms with Crippen molar-refractivity contribution < 1.29 is 27.8 Å². The first kappa shape index (κ1) is 37.4. The molecule has 0 saturated heterocycles. The standard InChI is InChI=1S/C24H18BrFN2O3.C17H13FN2O3/c1-14-6-8-20-22(27-14)24(30)18(13-28(20)12-15-4-3-5-17(25)10-15)23(29)16-7-9-21(31-2)19(26)11-16;1-9-3-5-13-15(20-9)17(22)11(8-19-13)16(21)10-4-6-14(23-2)12(18)7-10/h3-11,13H,12H2,1-2H3;3-8H,1-2H3,(H,19,22). The number of aromatic nitrogens is 4. The number of nitrogens with one attached hydrogen (secondary N) is 1. The van der Waals surface area contributed by atoms with E-state index in [1.54, 1.807) is 26.0 Å². The topological polar surface area (TPSA) is 133 Å². The van der Waals surface area contributed by atoms with Gasteiger partial charge in [0, 0.05) is 45.9 Å². The van der Waals surface area contributed by atoms with E-state index in [4.69, 9.17) is 9.47 Å². The van der Waals surface area contributed by atoms with Gasteiger partial charge in [0.2, 0.25) is 10.9 Å². The fraction of sp³-hybridized carbons (Fsp3) is 0.122. The summed E-state index contributed by atoms with van der Waals surface area (Å²) in [5, 5.41) is 0. The third-order valence-electron chi connectivity index (χ3n) is 8.49. The zero-order valence-corrected chi connectivity index (χ0v) is 31.0. The average Bonchev–Trinajstić information content (AvgIpc) is 3.16. The number of halogens is 3.